The summed E-state index contributed by atoms with van der Waals surface area (Å²) in [5, 5.41) is 9.05. The molecule has 0 spiro atoms. The Balaban J connectivity index is 1.49. The summed E-state index contributed by atoms with van der Waals surface area (Å²) in [6.45, 7) is 1.85. The van der Waals surface area contributed by atoms with E-state index >= 15 is 0 Å². The molecule has 0 aromatic rings. The molecule has 3 saturated carbocycles. The second-order valence-electron chi connectivity index (χ2n) is 6.70. The topological polar surface area (TPSA) is 81.2 Å². The van der Waals surface area contributed by atoms with Gasteiger partial charge in [-0.25, -0.2) is 9.59 Å². The summed E-state index contributed by atoms with van der Waals surface area (Å²) in [4.78, 5) is 39.5. The van der Waals surface area contributed by atoms with Crippen LogP contribution >= 0.6 is 0 Å². The van der Waals surface area contributed by atoms with Crippen LogP contribution in [0.1, 0.15) is 19.3 Å². The maximum absolute atomic E-state index is 12.5. The Kier molecular flexibility index (Phi) is 2.07. The number of nitrogens with zero attached hydrogens (tertiary/aromatic N) is 3. The van der Waals surface area contributed by atoms with Crippen LogP contribution in [0.15, 0.2) is 0 Å². The van der Waals surface area contributed by atoms with E-state index in [0.29, 0.717) is 26.2 Å². The van der Waals surface area contributed by atoms with Crippen molar-refractivity contribution in [3.8, 4) is 0 Å². The minimum Gasteiger partial charge on any atom is -0.465 e. The predicted molar refractivity (Wildman–Crippen MR) is 67.3 cm³/mol. The van der Waals surface area contributed by atoms with Gasteiger partial charge in [0.15, 0.2) is 0 Å². The molecule has 1 N–H and O–H groups in total. The molecule has 2 heterocycles. The summed E-state index contributed by atoms with van der Waals surface area (Å²) in [6, 6.07) is -0.00667. The van der Waals surface area contributed by atoms with Crippen molar-refractivity contribution in [3.63, 3.8) is 0 Å². The van der Waals surface area contributed by atoms with E-state index in [2.05, 4.69) is 0 Å². The molecule has 108 valence electrons. The molecule has 7 heteroatoms. The van der Waals surface area contributed by atoms with Gasteiger partial charge in [-0.05, 0) is 19.3 Å². The third kappa shape index (κ3) is 1.28. The van der Waals surface area contributed by atoms with E-state index in [0.717, 1.165) is 25.5 Å². The Bertz CT molecular complexity index is 500. The zero-order chi connectivity index (χ0) is 14.1. The molecule has 2 aliphatic heterocycles. The van der Waals surface area contributed by atoms with Crippen molar-refractivity contribution in [2.75, 3.05) is 26.2 Å². The summed E-state index contributed by atoms with van der Waals surface area (Å²) in [7, 11) is 0. The van der Waals surface area contributed by atoms with E-state index in [4.69, 9.17) is 5.11 Å². The van der Waals surface area contributed by atoms with Crippen LogP contribution in [0.4, 0.5) is 9.59 Å². The lowest BCUT2D eigenvalue weighted by Gasteiger charge is -2.70. The zero-order valence-corrected chi connectivity index (χ0v) is 11.1. The monoisotopic (exact) mass is 279 g/mol. The number of carbonyl (C=O) groups excluding carboxylic acids is 2. The van der Waals surface area contributed by atoms with Gasteiger partial charge in [-0.3, -0.25) is 0 Å². The standard InChI is InChI=1S/C13H17N3O4/c17-8-12-5-13(6-12,7-12)16-4-9-3-14(11(19)20)1-2-15(9)10(16)18/h8-9H,1-7H2,(H,19,20)/t9-,12?,13?/m0/s1. The first-order valence-electron chi connectivity index (χ1n) is 7.01. The number of urea groups is 1. The summed E-state index contributed by atoms with van der Waals surface area (Å²) >= 11 is 0. The third-order valence-corrected chi connectivity index (χ3v) is 5.49. The number of piperazine rings is 1. The predicted octanol–water partition coefficient (Wildman–Crippen LogP) is 0.208. The average Bonchev–Trinajstić information content (AvgIpc) is 2.64. The maximum Gasteiger partial charge on any atom is 0.407 e. The van der Waals surface area contributed by atoms with Crippen molar-refractivity contribution in [3.05, 3.63) is 0 Å². The second-order valence-corrected chi connectivity index (χ2v) is 6.70. The van der Waals surface area contributed by atoms with E-state index < -0.39 is 6.09 Å². The molecule has 0 unspecified atom stereocenters. The quantitative estimate of drug-likeness (QED) is 0.733. The largest absolute Gasteiger partial charge is 0.465 e. The minimum absolute atomic E-state index is 0.0271. The molecule has 5 rings (SSSR count). The molecule has 2 saturated heterocycles. The van der Waals surface area contributed by atoms with Gasteiger partial charge in [0.05, 0.1) is 6.04 Å². The van der Waals surface area contributed by atoms with Crippen LogP contribution in [0.3, 0.4) is 0 Å². The second kappa shape index (κ2) is 3.45. The number of hydrogen-bond acceptors (Lipinski definition) is 3. The summed E-state index contributed by atoms with van der Waals surface area (Å²) < 4.78 is 0. The van der Waals surface area contributed by atoms with E-state index in [-0.39, 0.29) is 23.0 Å². The van der Waals surface area contributed by atoms with Crippen molar-refractivity contribution in [1.82, 2.24) is 14.7 Å². The molecule has 2 bridgehead atoms. The summed E-state index contributed by atoms with van der Waals surface area (Å²) in [5.74, 6) is 0. The first kappa shape index (κ1) is 12.0. The van der Waals surface area contributed by atoms with Gasteiger partial charge in [0.25, 0.3) is 0 Å². The van der Waals surface area contributed by atoms with Crippen LogP contribution in [0.2, 0.25) is 0 Å². The highest BCUT2D eigenvalue weighted by molar-refractivity contribution is 5.81. The summed E-state index contributed by atoms with van der Waals surface area (Å²) in [5.41, 5.74) is -0.264. The zero-order valence-electron chi connectivity index (χ0n) is 11.1. The van der Waals surface area contributed by atoms with Gasteiger partial charge < -0.3 is 24.6 Å². The molecule has 0 aromatic heterocycles. The Hall–Kier alpha value is -1.79. The van der Waals surface area contributed by atoms with Crippen LogP contribution in [0.25, 0.3) is 0 Å². The first-order valence-corrected chi connectivity index (χ1v) is 7.01. The van der Waals surface area contributed by atoms with Crippen LogP contribution in [0, 0.1) is 5.41 Å². The average molecular weight is 279 g/mol. The Labute approximate surface area is 116 Å². The lowest BCUT2D eigenvalue weighted by atomic mass is 9.39. The normalized spacial score (nSPS) is 41.9. The van der Waals surface area contributed by atoms with Crippen molar-refractivity contribution in [2.45, 2.75) is 30.8 Å². The lowest BCUT2D eigenvalue weighted by Crippen LogP contribution is -2.75. The molecule has 3 aliphatic carbocycles. The van der Waals surface area contributed by atoms with E-state index in [1.54, 1.807) is 4.90 Å². The smallest absolute Gasteiger partial charge is 0.407 e. The summed E-state index contributed by atoms with van der Waals surface area (Å²) in [6.07, 6.45) is 2.49. The molecule has 5 fully saturated rings. The minimum atomic E-state index is -0.916. The molecule has 0 radical (unpaired) electrons. The Morgan fingerprint density at radius 3 is 2.55 bits per heavy atom. The van der Waals surface area contributed by atoms with Crippen molar-refractivity contribution >= 4 is 18.4 Å². The molecule has 1 atom stereocenters. The molecule has 3 amide bonds. The molecular formula is C13H17N3O4. The number of aldehydes is 1. The fourth-order valence-electron chi connectivity index (χ4n) is 4.50. The molecule has 20 heavy (non-hydrogen) atoms. The van der Waals surface area contributed by atoms with E-state index in [1.807, 2.05) is 4.90 Å². The highest BCUT2D eigenvalue weighted by atomic mass is 16.4. The van der Waals surface area contributed by atoms with Crippen LogP contribution < -0.4 is 0 Å². The fraction of sp³-hybridized carbons (Fsp3) is 0.769. The molecular weight excluding hydrogens is 262 g/mol. The SMILES string of the molecule is O=CC12CC(N3C[C@@H]4CN(C(=O)O)CCN4C3=O)(C1)C2. The number of carbonyl (C=O) groups is 3. The molecule has 0 aromatic carbocycles. The van der Waals surface area contributed by atoms with Crippen molar-refractivity contribution < 1.29 is 19.5 Å². The first-order chi connectivity index (χ1) is 9.49. The van der Waals surface area contributed by atoms with Crippen LogP contribution in [0.5, 0.6) is 0 Å². The van der Waals surface area contributed by atoms with Crippen molar-refractivity contribution in [2.24, 2.45) is 5.41 Å². The highest BCUT2D eigenvalue weighted by Gasteiger charge is 2.72. The van der Waals surface area contributed by atoms with Crippen LogP contribution in [-0.2, 0) is 4.79 Å². The lowest BCUT2D eigenvalue weighted by molar-refractivity contribution is -0.192. The third-order valence-electron chi connectivity index (χ3n) is 5.49. The molecule has 7 nitrogen and oxygen atoms in total. The fourth-order valence-corrected chi connectivity index (χ4v) is 4.50. The van der Waals surface area contributed by atoms with Crippen LogP contribution in [-0.4, -0.2) is 76.0 Å². The van der Waals surface area contributed by atoms with Gasteiger partial charge >= 0.3 is 12.1 Å². The van der Waals surface area contributed by atoms with Gasteiger partial charge in [0.2, 0.25) is 0 Å². The van der Waals surface area contributed by atoms with Gasteiger partial charge in [0.1, 0.15) is 6.29 Å². The van der Waals surface area contributed by atoms with E-state index in [1.165, 1.54) is 4.90 Å². The number of hydrogen-bond donors (Lipinski definition) is 1. The number of fused-ring (bicyclic) bond motifs is 1. The Morgan fingerprint density at radius 1 is 1.25 bits per heavy atom. The van der Waals surface area contributed by atoms with Gasteiger partial charge in [-0.1, -0.05) is 0 Å². The van der Waals surface area contributed by atoms with Gasteiger partial charge in [-0.2, -0.15) is 0 Å². The van der Waals surface area contributed by atoms with Crippen molar-refractivity contribution in [1.29, 1.82) is 0 Å². The van der Waals surface area contributed by atoms with E-state index in [9.17, 15) is 14.4 Å². The molecule has 5 aliphatic rings. The number of amides is 3. The van der Waals surface area contributed by atoms with Gasteiger partial charge in [0, 0.05) is 37.1 Å². The number of carboxylic acid groups (broad SMARTS) is 1. The number of rotatable bonds is 2. The maximum atomic E-state index is 12.5. The van der Waals surface area contributed by atoms with Gasteiger partial charge in [-0.15, -0.1) is 0 Å². The highest BCUT2D eigenvalue weighted by Crippen LogP contribution is 2.69. The Morgan fingerprint density at radius 2 is 1.95 bits per heavy atom.